The second-order valence-corrected chi connectivity index (χ2v) is 4.53. The van der Waals surface area contributed by atoms with E-state index in [0.717, 1.165) is 6.42 Å². The molecule has 0 aliphatic rings. The van der Waals surface area contributed by atoms with Crippen LogP contribution in [0, 0.1) is 0 Å². The van der Waals surface area contributed by atoms with Crippen LogP contribution in [0.4, 0.5) is 0 Å². The molecule has 0 aliphatic carbocycles. The van der Waals surface area contributed by atoms with Gasteiger partial charge in [0.2, 0.25) is 0 Å². The monoisotopic (exact) mass is 246 g/mol. The minimum Gasteiger partial charge on any atom is -0.495 e. The molecular weight excluding hydrogens is 232 g/mol. The molecular formula is C10H14O5S. The second kappa shape index (κ2) is 5.18. The quantitative estimate of drug-likeness (QED) is 0.801. The average Bonchev–Trinajstić information content (AvgIpc) is 2.24. The van der Waals surface area contributed by atoms with Gasteiger partial charge in [-0.05, 0) is 18.6 Å². The Morgan fingerprint density at radius 1 is 1.38 bits per heavy atom. The molecule has 90 valence electrons. The van der Waals surface area contributed by atoms with Gasteiger partial charge in [0.25, 0.3) is 10.1 Å². The molecule has 0 saturated carbocycles. The standard InChI is InChI=1S/C10H14O5S/c1-3-6-15-8-4-5-9(14-2)10(7-8)16(11,12)13/h4-5,7H,3,6H2,1-2H3,(H,11,12,13). The van der Waals surface area contributed by atoms with Crippen molar-refractivity contribution in [1.29, 1.82) is 0 Å². The van der Waals surface area contributed by atoms with Crippen LogP contribution in [-0.2, 0) is 10.1 Å². The predicted molar refractivity (Wildman–Crippen MR) is 58.6 cm³/mol. The number of ether oxygens (including phenoxy) is 2. The molecule has 16 heavy (non-hydrogen) atoms. The zero-order valence-electron chi connectivity index (χ0n) is 9.13. The van der Waals surface area contributed by atoms with Crippen LogP contribution in [0.2, 0.25) is 0 Å². The molecule has 1 rings (SSSR count). The fourth-order valence-electron chi connectivity index (χ4n) is 1.17. The van der Waals surface area contributed by atoms with E-state index in [1.165, 1.54) is 19.2 Å². The van der Waals surface area contributed by atoms with Gasteiger partial charge in [-0.2, -0.15) is 8.42 Å². The van der Waals surface area contributed by atoms with Crippen molar-refractivity contribution < 1.29 is 22.4 Å². The summed E-state index contributed by atoms with van der Waals surface area (Å²) in [5, 5.41) is 0. The summed E-state index contributed by atoms with van der Waals surface area (Å²) in [6.07, 6.45) is 0.813. The first-order chi connectivity index (χ1) is 7.49. The smallest absolute Gasteiger partial charge is 0.298 e. The molecule has 0 bridgehead atoms. The van der Waals surface area contributed by atoms with Crippen LogP contribution in [0.15, 0.2) is 23.1 Å². The maximum absolute atomic E-state index is 11.1. The molecule has 1 aromatic carbocycles. The van der Waals surface area contributed by atoms with Crippen LogP contribution in [0.3, 0.4) is 0 Å². The Labute approximate surface area is 94.7 Å². The van der Waals surface area contributed by atoms with Crippen LogP contribution in [-0.4, -0.2) is 26.7 Å². The fourth-order valence-corrected chi connectivity index (χ4v) is 1.84. The topological polar surface area (TPSA) is 72.8 Å². The minimum absolute atomic E-state index is 0.0892. The molecule has 0 saturated heterocycles. The molecule has 1 N–H and O–H groups in total. The first kappa shape index (κ1) is 12.8. The molecule has 0 amide bonds. The normalized spacial score (nSPS) is 11.2. The molecule has 1 aromatic rings. The molecule has 6 heteroatoms. The molecule has 0 unspecified atom stereocenters. The van der Waals surface area contributed by atoms with E-state index in [1.807, 2.05) is 6.92 Å². The highest BCUT2D eigenvalue weighted by Gasteiger charge is 2.17. The van der Waals surface area contributed by atoms with E-state index in [0.29, 0.717) is 12.4 Å². The van der Waals surface area contributed by atoms with Crippen LogP contribution in [0.1, 0.15) is 13.3 Å². The Morgan fingerprint density at radius 3 is 2.56 bits per heavy atom. The fraction of sp³-hybridized carbons (Fsp3) is 0.400. The van der Waals surface area contributed by atoms with Gasteiger partial charge in [-0.1, -0.05) is 6.92 Å². The Balaban J connectivity index is 3.12. The minimum atomic E-state index is -4.30. The lowest BCUT2D eigenvalue weighted by Gasteiger charge is -2.09. The lowest BCUT2D eigenvalue weighted by molar-refractivity contribution is 0.314. The summed E-state index contributed by atoms with van der Waals surface area (Å²) in [5.41, 5.74) is 0. The Bertz CT molecular complexity index is 452. The Kier molecular flexibility index (Phi) is 4.14. The van der Waals surface area contributed by atoms with Crippen LogP contribution < -0.4 is 9.47 Å². The van der Waals surface area contributed by atoms with Crippen LogP contribution in [0.5, 0.6) is 11.5 Å². The van der Waals surface area contributed by atoms with Crippen LogP contribution >= 0.6 is 0 Å². The van der Waals surface area contributed by atoms with E-state index in [9.17, 15) is 8.42 Å². The maximum atomic E-state index is 11.1. The highest BCUT2D eigenvalue weighted by atomic mass is 32.2. The maximum Gasteiger partial charge on any atom is 0.298 e. The zero-order chi connectivity index (χ0) is 12.2. The number of hydrogen-bond acceptors (Lipinski definition) is 4. The number of hydrogen-bond donors (Lipinski definition) is 1. The molecule has 0 aromatic heterocycles. The molecule has 0 heterocycles. The summed E-state index contributed by atoms with van der Waals surface area (Å²) < 4.78 is 41.2. The first-order valence-corrected chi connectivity index (χ1v) is 6.21. The van der Waals surface area contributed by atoms with Crippen molar-refractivity contribution in [1.82, 2.24) is 0 Å². The highest BCUT2D eigenvalue weighted by Crippen LogP contribution is 2.27. The van der Waals surface area contributed by atoms with Gasteiger partial charge < -0.3 is 9.47 Å². The van der Waals surface area contributed by atoms with E-state index < -0.39 is 10.1 Å². The molecule has 0 radical (unpaired) electrons. The molecule has 0 fully saturated rings. The second-order valence-electron chi connectivity index (χ2n) is 3.14. The van der Waals surface area contributed by atoms with Crippen molar-refractivity contribution in [2.24, 2.45) is 0 Å². The van der Waals surface area contributed by atoms with Crippen molar-refractivity contribution in [3.05, 3.63) is 18.2 Å². The SMILES string of the molecule is CCCOc1ccc(OC)c(S(=O)(=O)O)c1. The van der Waals surface area contributed by atoms with Gasteiger partial charge >= 0.3 is 0 Å². The van der Waals surface area contributed by atoms with E-state index >= 15 is 0 Å². The largest absolute Gasteiger partial charge is 0.495 e. The van der Waals surface area contributed by atoms with Gasteiger partial charge in [0, 0.05) is 6.07 Å². The highest BCUT2D eigenvalue weighted by molar-refractivity contribution is 7.86. The third kappa shape index (κ3) is 3.11. The number of methoxy groups -OCH3 is 1. The van der Waals surface area contributed by atoms with Crippen molar-refractivity contribution in [2.45, 2.75) is 18.2 Å². The lowest BCUT2D eigenvalue weighted by atomic mass is 10.3. The van der Waals surface area contributed by atoms with Gasteiger partial charge in [-0.25, -0.2) is 0 Å². The molecule has 0 spiro atoms. The third-order valence-corrected chi connectivity index (χ3v) is 2.76. The molecule has 5 nitrogen and oxygen atoms in total. The third-order valence-electron chi connectivity index (χ3n) is 1.89. The van der Waals surface area contributed by atoms with E-state index in [2.05, 4.69) is 0 Å². The summed E-state index contributed by atoms with van der Waals surface area (Å²) in [6.45, 7) is 2.42. The number of benzene rings is 1. The van der Waals surface area contributed by atoms with Gasteiger partial charge in [0.05, 0.1) is 13.7 Å². The van der Waals surface area contributed by atoms with Crippen molar-refractivity contribution in [3.63, 3.8) is 0 Å². The van der Waals surface area contributed by atoms with E-state index in [-0.39, 0.29) is 10.6 Å². The first-order valence-electron chi connectivity index (χ1n) is 4.77. The Hall–Kier alpha value is -1.27. The summed E-state index contributed by atoms with van der Waals surface area (Å²) in [6, 6.07) is 4.26. The van der Waals surface area contributed by atoms with E-state index in [4.69, 9.17) is 14.0 Å². The van der Waals surface area contributed by atoms with E-state index in [1.54, 1.807) is 6.07 Å². The summed E-state index contributed by atoms with van der Waals surface area (Å²) in [4.78, 5) is -0.288. The summed E-state index contributed by atoms with van der Waals surface area (Å²) in [5.74, 6) is 0.474. The van der Waals surface area contributed by atoms with Gasteiger partial charge in [-0.3, -0.25) is 4.55 Å². The van der Waals surface area contributed by atoms with Gasteiger partial charge in [0.15, 0.2) is 0 Å². The summed E-state index contributed by atoms with van der Waals surface area (Å²) >= 11 is 0. The summed E-state index contributed by atoms with van der Waals surface area (Å²) in [7, 11) is -2.97. The van der Waals surface area contributed by atoms with Crippen molar-refractivity contribution >= 4 is 10.1 Å². The van der Waals surface area contributed by atoms with Crippen molar-refractivity contribution in [2.75, 3.05) is 13.7 Å². The molecule has 0 aliphatic heterocycles. The lowest BCUT2D eigenvalue weighted by Crippen LogP contribution is -2.03. The van der Waals surface area contributed by atoms with Gasteiger partial charge in [-0.15, -0.1) is 0 Å². The molecule has 0 atom stereocenters. The number of rotatable bonds is 5. The van der Waals surface area contributed by atoms with Gasteiger partial charge in [0.1, 0.15) is 16.4 Å². The Morgan fingerprint density at radius 2 is 2.06 bits per heavy atom. The average molecular weight is 246 g/mol. The zero-order valence-corrected chi connectivity index (χ0v) is 9.95. The van der Waals surface area contributed by atoms with Crippen LogP contribution in [0.25, 0.3) is 0 Å². The van der Waals surface area contributed by atoms with Crippen molar-refractivity contribution in [3.8, 4) is 11.5 Å². The predicted octanol–water partition coefficient (Wildman–Crippen LogP) is 1.73.